The highest BCUT2D eigenvalue weighted by molar-refractivity contribution is 5.96. The van der Waals surface area contributed by atoms with Gasteiger partial charge >= 0.3 is 0 Å². The summed E-state index contributed by atoms with van der Waals surface area (Å²) in [5.41, 5.74) is 3.81. The SMILES string of the molecule is CCOCCCNC(=O)C1CCN(C(=O)c2cc(C)n(-c3ccccc3)c2C)CC1. The van der Waals surface area contributed by atoms with E-state index in [2.05, 4.69) is 9.88 Å². The molecule has 0 radical (unpaired) electrons. The molecule has 2 heterocycles. The van der Waals surface area contributed by atoms with Crippen LogP contribution in [0.5, 0.6) is 0 Å². The van der Waals surface area contributed by atoms with E-state index in [1.54, 1.807) is 0 Å². The van der Waals surface area contributed by atoms with Gasteiger partial charge in [-0.2, -0.15) is 0 Å². The van der Waals surface area contributed by atoms with Crippen molar-refractivity contribution in [2.75, 3.05) is 32.8 Å². The molecule has 2 amide bonds. The molecule has 30 heavy (non-hydrogen) atoms. The lowest BCUT2D eigenvalue weighted by atomic mass is 9.95. The first-order valence-corrected chi connectivity index (χ1v) is 10.9. The summed E-state index contributed by atoms with van der Waals surface area (Å²) in [6.07, 6.45) is 2.24. The molecule has 0 bridgehead atoms. The average Bonchev–Trinajstić information content (AvgIpc) is 3.07. The molecule has 2 aromatic rings. The minimum Gasteiger partial charge on any atom is -0.382 e. The van der Waals surface area contributed by atoms with Crippen LogP contribution in [0.1, 0.15) is 47.9 Å². The number of carbonyl (C=O) groups is 2. The first-order valence-electron chi connectivity index (χ1n) is 10.9. The maximum atomic E-state index is 13.2. The molecular formula is C24H33N3O3. The number of rotatable bonds is 8. The maximum Gasteiger partial charge on any atom is 0.255 e. The van der Waals surface area contributed by atoms with E-state index in [-0.39, 0.29) is 17.7 Å². The van der Waals surface area contributed by atoms with Gasteiger partial charge in [0.1, 0.15) is 0 Å². The summed E-state index contributed by atoms with van der Waals surface area (Å²) in [5.74, 6) is 0.139. The predicted octanol–water partition coefficient (Wildman–Crippen LogP) is 3.49. The molecule has 0 unspecified atom stereocenters. The zero-order valence-corrected chi connectivity index (χ0v) is 18.3. The van der Waals surface area contributed by atoms with Crippen LogP contribution in [0.2, 0.25) is 0 Å². The Hall–Kier alpha value is -2.60. The number of benzene rings is 1. The van der Waals surface area contributed by atoms with Crippen LogP contribution in [0.3, 0.4) is 0 Å². The van der Waals surface area contributed by atoms with Crippen molar-refractivity contribution in [1.82, 2.24) is 14.8 Å². The second-order valence-corrected chi connectivity index (χ2v) is 7.86. The van der Waals surface area contributed by atoms with E-state index in [4.69, 9.17) is 4.74 Å². The fourth-order valence-electron chi connectivity index (χ4n) is 4.14. The topological polar surface area (TPSA) is 63.6 Å². The van der Waals surface area contributed by atoms with Crippen LogP contribution < -0.4 is 5.32 Å². The Morgan fingerprint density at radius 2 is 1.83 bits per heavy atom. The molecule has 0 aliphatic carbocycles. The van der Waals surface area contributed by atoms with E-state index in [0.29, 0.717) is 45.7 Å². The molecule has 6 heteroatoms. The predicted molar refractivity (Wildman–Crippen MR) is 118 cm³/mol. The molecule has 0 spiro atoms. The lowest BCUT2D eigenvalue weighted by molar-refractivity contribution is -0.126. The Bertz CT molecular complexity index is 852. The normalized spacial score (nSPS) is 14.7. The summed E-state index contributed by atoms with van der Waals surface area (Å²) in [6.45, 7) is 9.24. The lowest BCUT2D eigenvalue weighted by Gasteiger charge is -2.31. The molecule has 1 N–H and O–H groups in total. The van der Waals surface area contributed by atoms with Gasteiger partial charge in [-0.05, 0) is 58.2 Å². The molecule has 1 aliphatic rings. The minimum atomic E-state index is -0.0158. The Morgan fingerprint density at radius 1 is 1.13 bits per heavy atom. The van der Waals surface area contributed by atoms with Crippen LogP contribution >= 0.6 is 0 Å². The molecule has 6 nitrogen and oxygen atoms in total. The molecule has 3 rings (SSSR count). The van der Waals surface area contributed by atoms with Crippen LogP contribution in [0, 0.1) is 19.8 Å². The fourth-order valence-corrected chi connectivity index (χ4v) is 4.14. The molecule has 1 saturated heterocycles. The van der Waals surface area contributed by atoms with Crippen molar-refractivity contribution in [2.45, 2.75) is 40.0 Å². The van der Waals surface area contributed by atoms with Gasteiger partial charge in [0.15, 0.2) is 0 Å². The van der Waals surface area contributed by atoms with E-state index in [1.165, 1.54) is 0 Å². The first kappa shape index (κ1) is 22.1. The second-order valence-electron chi connectivity index (χ2n) is 7.86. The summed E-state index contributed by atoms with van der Waals surface area (Å²) < 4.78 is 7.41. The van der Waals surface area contributed by atoms with Gasteiger partial charge in [-0.25, -0.2) is 0 Å². The van der Waals surface area contributed by atoms with Crippen molar-refractivity contribution in [2.24, 2.45) is 5.92 Å². The Morgan fingerprint density at radius 3 is 2.50 bits per heavy atom. The summed E-state index contributed by atoms with van der Waals surface area (Å²) in [4.78, 5) is 27.4. The number of carbonyl (C=O) groups excluding carboxylic acids is 2. The van der Waals surface area contributed by atoms with Crippen LogP contribution in [0.15, 0.2) is 36.4 Å². The van der Waals surface area contributed by atoms with Gasteiger partial charge in [-0.15, -0.1) is 0 Å². The second kappa shape index (κ2) is 10.4. The molecular weight excluding hydrogens is 378 g/mol. The van der Waals surface area contributed by atoms with Crippen molar-refractivity contribution in [3.8, 4) is 5.69 Å². The highest BCUT2D eigenvalue weighted by Gasteiger charge is 2.29. The Labute approximate surface area is 179 Å². The monoisotopic (exact) mass is 411 g/mol. The van der Waals surface area contributed by atoms with Gasteiger partial charge in [-0.1, -0.05) is 18.2 Å². The summed E-state index contributed by atoms with van der Waals surface area (Å²) in [5, 5.41) is 3.00. The Balaban J connectivity index is 1.56. The summed E-state index contributed by atoms with van der Waals surface area (Å²) in [6, 6.07) is 12.1. The zero-order chi connectivity index (χ0) is 21.5. The zero-order valence-electron chi connectivity index (χ0n) is 18.3. The number of ether oxygens (including phenoxy) is 1. The van der Waals surface area contributed by atoms with Crippen molar-refractivity contribution >= 4 is 11.8 Å². The van der Waals surface area contributed by atoms with Gasteiger partial charge in [0, 0.05) is 55.8 Å². The molecule has 0 saturated carbocycles. The minimum absolute atomic E-state index is 0.0158. The lowest BCUT2D eigenvalue weighted by Crippen LogP contribution is -2.43. The third-order valence-corrected chi connectivity index (χ3v) is 5.80. The third kappa shape index (κ3) is 5.11. The van der Waals surface area contributed by atoms with E-state index in [1.807, 2.05) is 62.1 Å². The average molecular weight is 412 g/mol. The molecule has 1 aliphatic heterocycles. The number of piperidine rings is 1. The number of hydrogen-bond donors (Lipinski definition) is 1. The summed E-state index contributed by atoms with van der Waals surface area (Å²) >= 11 is 0. The van der Waals surface area contributed by atoms with Crippen molar-refractivity contribution in [1.29, 1.82) is 0 Å². The maximum absolute atomic E-state index is 13.2. The highest BCUT2D eigenvalue weighted by atomic mass is 16.5. The first-order chi connectivity index (χ1) is 14.5. The number of likely N-dealkylation sites (tertiary alicyclic amines) is 1. The van der Waals surface area contributed by atoms with Gasteiger partial charge in [-0.3, -0.25) is 9.59 Å². The number of hydrogen-bond acceptors (Lipinski definition) is 3. The molecule has 1 aromatic heterocycles. The molecule has 0 atom stereocenters. The number of nitrogens with zero attached hydrogens (tertiary/aromatic N) is 2. The van der Waals surface area contributed by atoms with Crippen LogP contribution in [0.4, 0.5) is 0 Å². The highest BCUT2D eigenvalue weighted by Crippen LogP contribution is 2.24. The van der Waals surface area contributed by atoms with Crippen molar-refractivity contribution in [3.63, 3.8) is 0 Å². The molecule has 162 valence electrons. The largest absolute Gasteiger partial charge is 0.382 e. The smallest absolute Gasteiger partial charge is 0.255 e. The van der Waals surface area contributed by atoms with Gasteiger partial charge < -0.3 is 19.5 Å². The van der Waals surface area contributed by atoms with Gasteiger partial charge in [0.05, 0.1) is 5.56 Å². The van der Waals surface area contributed by atoms with E-state index in [9.17, 15) is 9.59 Å². The van der Waals surface area contributed by atoms with E-state index < -0.39 is 0 Å². The van der Waals surface area contributed by atoms with Crippen LogP contribution in [-0.2, 0) is 9.53 Å². The van der Waals surface area contributed by atoms with Gasteiger partial charge in [0.2, 0.25) is 5.91 Å². The number of aryl methyl sites for hydroxylation is 1. The number of nitrogens with one attached hydrogen (secondary N) is 1. The van der Waals surface area contributed by atoms with Crippen LogP contribution in [-0.4, -0.2) is 54.1 Å². The van der Waals surface area contributed by atoms with Gasteiger partial charge in [0.25, 0.3) is 5.91 Å². The standard InChI is InChI=1S/C24H33N3O3/c1-4-30-16-8-13-25-23(28)20-11-14-26(15-12-20)24(29)22-17-18(2)27(19(22)3)21-9-6-5-7-10-21/h5-7,9-10,17,20H,4,8,11-16H2,1-3H3,(H,25,28). The molecule has 1 fully saturated rings. The quantitative estimate of drug-likeness (QED) is 0.677. The molecule has 1 aromatic carbocycles. The number of aromatic nitrogens is 1. The van der Waals surface area contributed by atoms with E-state index in [0.717, 1.165) is 29.1 Å². The van der Waals surface area contributed by atoms with Crippen molar-refractivity contribution in [3.05, 3.63) is 53.3 Å². The number of amides is 2. The van der Waals surface area contributed by atoms with Crippen molar-refractivity contribution < 1.29 is 14.3 Å². The Kier molecular flexibility index (Phi) is 7.69. The third-order valence-electron chi connectivity index (χ3n) is 5.80. The van der Waals surface area contributed by atoms with Crippen LogP contribution in [0.25, 0.3) is 5.69 Å². The summed E-state index contributed by atoms with van der Waals surface area (Å²) in [7, 11) is 0. The van der Waals surface area contributed by atoms with E-state index >= 15 is 0 Å². The fraction of sp³-hybridized carbons (Fsp3) is 0.500. The number of para-hydroxylation sites is 1.